The Morgan fingerprint density at radius 1 is 1.53 bits per heavy atom. The first kappa shape index (κ1) is 11.7. The van der Waals surface area contributed by atoms with Crippen LogP contribution in [-0.4, -0.2) is 12.1 Å². The van der Waals surface area contributed by atoms with Gasteiger partial charge in [0.2, 0.25) is 0 Å². The lowest BCUT2D eigenvalue weighted by atomic mass is 10.2. The third-order valence-corrected chi connectivity index (χ3v) is 3.02. The third-order valence-electron chi connectivity index (χ3n) is 2.24. The Bertz CT molecular complexity index is 502. The van der Waals surface area contributed by atoms with Gasteiger partial charge in [-0.2, -0.15) is 0 Å². The molecule has 1 heterocycles. The fraction of sp³-hybridized carbons (Fsp3) is 0.182. The van der Waals surface area contributed by atoms with Crippen LogP contribution in [0.3, 0.4) is 0 Å². The van der Waals surface area contributed by atoms with Crippen molar-refractivity contribution in [2.24, 2.45) is 0 Å². The minimum atomic E-state index is -0.468. The Morgan fingerprint density at radius 3 is 3.00 bits per heavy atom. The van der Waals surface area contributed by atoms with Gasteiger partial charge in [0.25, 0.3) is 0 Å². The highest BCUT2D eigenvalue weighted by molar-refractivity contribution is 7.09. The molecule has 0 saturated heterocycles. The zero-order valence-corrected chi connectivity index (χ0v) is 10.1. The molecule has 0 radical (unpaired) electrons. The minimum absolute atomic E-state index is 0.167. The van der Waals surface area contributed by atoms with Crippen molar-refractivity contribution in [3.63, 3.8) is 0 Å². The standard InChI is InChI=1S/C11H12FN3OS/c1-16-10-5-9(8(13)4-7(10)12)15-6-11-14-2-3-17-11/h2-5,15H,6,13H2,1H3. The lowest BCUT2D eigenvalue weighted by molar-refractivity contribution is 0.387. The summed E-state index contributed by atoms with van der Waals surface area (Å²) < 4.78 is 18.2. The monoisotopic (exact) mass is 253 g/mol. The molecule has 90 valence electrons. The van der Waals surface area contributed by atoms with Crippen LogP contribution < -0.4 is 15.8 Å². The predicted octanol–water partition coefficient (Wildman–Crippen LogP) is 2.49. The van der Waals surface area contributed by atoms with Crippen LogP contribution in [0.15, 0.2) is 23.7 Å². The van der Waals surface area contributed by atoms with E-state index in [9.17, 15) is 4.39 Å². The number of nitrogen functional groups attached to an aromatic ring is 1. The molecule has 0 bridgehead atoms. The van der Waals surface area contributed by atoms with E-state index in [1.54, 1.807) is 17.5 Å². The van der Waals surface area contributed by atoms with Gasteiger partial charge in [-0.15, -0.1) is 11.3 Å². The Kier molecular flexibility index (Phi) is 3.43. The smallest absolute Gasteiger partial charge is 0.167 e. The van der Waals surface area contributed by atoms with Crippen LogP contribution in [0, 0.1) is 5.82 Å². The molecule has 0 fully saturated rings. The van der Waals surface area contributed by atoms with Gasteiger partial charge in [-0.3, -0.25) is 0 Å². The molecular weight excluding hydrogens is 241 g/mol. The van der Waals surface area contributed by atoms with Crippen molar-refractivity contribution in [1.29, 1.82) is 0 Å². The molecule has 0 aliphatic heterocycles. The quantitative estimate of drug-likeness (QED) is 0.822. The Morgan fingerprint density at radius 2 is 2.35 bits per heavy atom. The van der Waals surface area contributed by atoms with Crippen molar-refractivity contribution in [3.05, 3.63) is 34.5 Å². The van der Waals surface area contributed by atoms with E-state index in [1.807, 2.05) is 5.38 Å². The van der Waals surface area contributed by atoms with Gasteiger partial charge >= 0.3 is 0 Å². The Labute approximate surface area is 102 Å². The van der Waals surface area contributed by atoms with Crippen LogP contribution in [0.1, 0.15) is 5.01 Å². The largest absolute Gasteiger partial charge is 0.494 e. The van der Waals surface area contributed by atoms with Crippen molar-refractivity contribution >= 4 is 22.7 Å². The van der Waals surface area contributed by atoms with Gasteiger partial charge in [0.15, 0.2) is 11.6 Å². The first-order valence-corrected chi connectivity index (χ1v) is 5.84. The summed E-state index contributed by atoms with van der Waals surface area (Å²) in [5.74, 6) is -0.300. The molecule has 1 aromatic heterocycles. The van der Waals surface area contributed by atoms with E-state index in [0.29, 0.717) is 17.9 Å². The summed E-state index contributed by atoms with van der Waals surface area (Å²) in [6.45, 7) is 0.552. The van der Waals surface area contributed by atoms with Crippen molar-refractivity contribution in [1.82, 2.24) is 4.98 Å². The number of benzene rings is 1. The average molecular weight is 253 g/mol. The lowest BCUT2D eigenvalue weighted by Gasteiger charge is -2.10. The Hall–Kier alpha value is -1.82. The zero-order chi connectivity index (χ0) is 12.3. The number of methoxy groups -OCH3 is 1. The maximum absolute atomic E-state index is 13.3. The third kappa shape index (κ3) is 2.65. The van der Waals surface area contributed by atoms with Crippen LogP contribution in [0.2, 0.25) is 0 Å². The molecule has 4 nitrogen and oxygen atoms in total. The minimum Gasteiger partial charge on any atom is -0.494 e. The van der Waals surface area contributed by atoms with Gasteiger partial charge in [0.1, 0.15) is 5.01 Å². The van der Waals surface area contributed by atoms with Crippen molar-refractivity contribution in [2.75, 3.05) is 18.2 Å². The number of nitrogens with zero attached hydrogens (tertiary/aromatic N) is 1. The lowest BCUT2D eigenvalue weighted by Crippen LogP contribution is -2.03. The van der Waals surface area contributed by atoms with Crippen LogP contribution in [0.5, 0.6) is 5.75 Å². The number of rotatable bonds is 4. The fourth-order valence-corrected chi connectivity index (χ4v) is 1.95. The first-order chi connectivity index (χ1) is 8.20. The number of nitrogens with two attached hydrogens (primary N) is 1. The van der Waals surface area contributed by atoms with Crippen molar-refractivity contribution in [2.45, 2.75) is 6.54 Å². The molecule has 0 amide bonds. The van der Waals surface area contributed by atoms with Crippen LogP contribution >= 0.6 is 11.3 Å². The summed E-state index contributed by atoms with van der Waals surface area (Å²) in [6, 6.07) is 2.78. The van der Waals surface area contributed by atoms with Gasteiger partial charge in [0.05, 0.1) is 25.0 Å². The first-order valence-electron chi connectivity index (χ1n) is 4.96. The number of ether oxygens (including phenoxy) is 1. The molecule has 1 aromatic carbocycles. The van der Waals surface area contributed by atoms with E-state index in [0.717, 1.165) is 5.01 Å². The number of aromatic nitrogens is 1. The SMILES string of the molecule is COc1cc(NCc2nccs2)c(N)cc1F. The van der Waals surface area contributed by atoms with Gasteiger partial charge in [-0.05, 0) is 0 Å². The van der Waals surface area contributed by atoms with Gasteiger partial charge in [0, 0.05) is 23.7 Å². The molecule has 0 aliphatic carbocycles. The van der Waals surface area contributed by atoms with E-state index >= 15 is 0 Å². The second-order valence-corrected chi connectivity index (χ2v) is 4.33. The summed E-state index contributed by atoms with van der Waals surface area (Å²) in [5, 5.41) is 5.93. The molecule has 0 spiro atoms. The number of nitrogens with one attached hydrogen (secondary N) is 1. The molecule has 17 heavy (non-hydrogen) atoms. The number of anilines is 2. The van der Waals surface area contributed by atoms with Crippen LogP contribution in [0.25, 0.3) is 0 Å². The maximum atomic E-state index is 13.3. The number of thiazole rings is 1. The highest BCUT2D eigenvalue weighted by Gasteiger charge is 2.08. The molecule has 6 heteroatoms. The highest BCUT2D eigenvalue weighted by atomic mass is 32.1. The molecule has 3 N–H and O–H groups in total. The molecule has 0 aliphatic rings. The fourth-order valence-electron chi connectivity index (χ4n) is 1.39. The Balaban J connectivity index is 2.15. The molecule has 2 aromatic rings. The summed E-state index contributed by atoms with van der Waals surface area (Å²) in [5.41, 5.74) is 6.69. The zero-order valence-electron chi connectivity index (χ0n) is 9.24. The van der Waals surface area contributed by atoms with E-state index < -0.39 is 5.82 Å². The molecule has 0 saturated carbocycles. The van der Waals surface area contributed by atoms with Gasteiger partial charge in [-0.1, -0.05) is 0 Å². The molecular formula is C11H12FN3OS. The van der Waals surface area contributed by atoms with Gasteiger partial charge < -0.3 is 15.8 Å². The second-order valence-electron chi connectivity index (χ2n) is 3.35. The molecule has 0 unspecified atom stereocenters. The second kappa shape index (κ2) is 5.01. The summed E-state index contributed by atoms with van der Waals surface area (Å²) in [4.78, 5) is 4.13. The highest BCUT2D eigenvalue weighted by Crippen LogP contribution is 2.28. The summed E-state index contributed by atoms with van der Waals surface area (Å²) >= 11 is 1.54. The topological polar surface area (TPSA) is 60.2 Å². The van der Waals surface area contributed by atoms with Crippen LogP contribution in [0.4, 0.5) is 15.8 Å². The summed E-state index contributed by atoms with van der Waals surface area (Å²) in [7, 11) is 1.42. The summed E-state index contributed by atoms with van der Waals surface area (Å²) in [6.07, 6.45) is 1.73. The van der Waals surface area contributed by atoms with E-state index in [4.69, 9.17) is 10.5 Å². The molecule has 2 rings (SSSR count). The van der Waals surface area contributed by atoms with Crippen molar-refractivity contribution < 1.29 is 9.13 Å². The normalized spacial score (nSPS) is 10.2. The van der Waals surface area contributed by atoms with Crippen LogP contribution in [-0.2, 0) is 6.54 Å². The predicted molar refractivity (Wildman–Crippen MR) is 66.8 cm³/mol. The number of hydrogen-bond acceptors (Lipinski definition) is 5. The molecule has 0 atom stereocenters. The van der Waals surface area contributed by atoms with E-state index in [2.05, 4.69) is 10.3 Å². The van der Waals surface area contributed by atoms with E-state index in [-0.39, 0.29) is 5.75 Å². The number of hydrogen-bond donors (Lipinski definition) is 2. The maximum Gasteiger partial charge on any atom is 0.167 e. The number of halogens is 1. The van der Waals surface area contributed by atoms with Crippen molar-refractivity contribution in [3.8, 4) is 5.75 Å². The van der Waals surface area contributed by atoms with Gasteiger partial charge in [-0.25, -0.2) is 9.37 Å². The van der Waals surface area contributed by atoms with E-state index in [1.165, 1.54) is 19.2 Å². The average Bonchev–Trinajstić information content (AvgIpc) is 2.81.